The Morgan fingerprint density at radius 3 is 2.20 bits per heavy atom. The fourth-order valence-electron chi connectivity index (χ4n) is 1.78. The van der Waals surface area contributed by atoms with Gasteiger partial charge in [0.1, 0.15) is 5.75 Å². The van der Waals surface area contributed by atoms with E-state index in [4.69, 9.17) is 33.0 Å². The van der Waals surface area contributed by atoms with Crippen molar-refractivity contribution in [1.29, 1.82) is 0 Å². The van der Waals surface area contributed by atoms with Crippen molar-refractivity contribution in [2.75, 3.05) is 25.4 Å². The van der Waals surface area contributed by atoms with Gasteiger partial charge in [-0.2, -0.15) is 0 Å². The second-order valence-corrected chi connectivity index (χ2v) is 7.00. The Kier molecular flexibility index (Phi) is 13.5. The first-order chi connectivity index (χ1) is 11.8. The first kappa shape index (κ1) is 23.9. The van der Waals surface area contributed by atoms with E-state index in [9.17, 15) is 9.59 Å². The van der Waals surface area contributed by atoms with Crippen molar-refractivity contribution >= 4 is 46.2 Å². The lowest BCUT2D eigenvalue weighted by Crippen LogP contribution is -2.29. The zero-order valence-corrected chi connectivity index (χ0v) is 17.1. The van der Waals surface area contributed by atoms with Gasteiger partial charge >= 0.3 is 5.97 Å². The van der Waals surface area contributed by atoms with Crippen LogP contribution in [0.5, 0.6) is 5.75 Å². The fourth-order valence-corrected chi connectivity index (χ4v) is 2.86. The number of carbonyl (C=O) groups excluding carboxylic acids is 1. The van der Waals surface area contributed by atoms with Gasteiger partial charge in [0.2, 0.25) is 0 Å². The van der Waals surface area contributed by atoms with Gasteiger partial charge in [0.15, 0.2) is 6.61 Å². The van der Waals surface area contributed by atoms with Crippen molar-refractivity contribution in [3.8, 4) is 5.75 Å². The van der Waals surface area contributed by atoms with Gasteiger partial charge in [-0.15, -0.1) is 0 Å². The van der Waals surface area contributed by atoms with Gasteiger partial charge < -0.3 is 14.7 Å². The molecule has 8 heteroatoms. The first-order valence-electron chi connectivity index (χ1n) is 8.06. The Morgan fingerprint density at radius 1 is 1.16 bits per heavy atom. The number of rotatable bonds is 8. The van der Waals surface area contributed by atoms with Crippen molar-refractivity contribution in [3.63, 3.8) is 0 Å². The summed E-state index contributed by atoms with van der Waals surface area (Å²) in [6, 6.07) is 4.58. The minimum atomic E-state index is -1.05. The van der Waals surface area contributed by atoms with Gasteiger partial charge in [0.25, 0.3) is 5.24 Å². The van der Waals surface area contributed by atoms with Crippen LogP contribution in [0, 0.1) is 0 Å². The van der Waals surface area contributed by atoms with E-state index in [0.29, 0.717) is 15.8 Å². The summed E-state index contributed by atoms with van der Waals surface area (Å²) in [5.74, 6) is 0.141. The largest absolute Gasteiger partial charge is 0.480 e. The summed E-state index contributed by atoms with van der Waals surface area (Å²) < 4.78 is 4.86. The number of carboxylic acid groups (broad SMARTS) is 1. The second kappa shape index (κ2) is 14.1. The molecule has 1 N–H and O–H groups in total. The average molecular weight is 410 g/mol. The van der Waals surface area contributed by atoms with Gasteiger partial charge in [-0.1, -0.05) is 55.7 Å². The van der Waals surface area contributed by atoms with E-state index in [1.165, 1.54) is 23.9 Å². The molecule has 1 rings (SSSR count). The van der Waals surface area contributed by atoms with E-state index in [-0.39, 0.29) is 5.24 Å². The smallest absolute Gasteiger partial charge is 0.341 e. The molecule has 0 fully saturated rings. The number of benzene rings is 1. The molecule has 0 aliphatic heterocycles. The maximum absolute atomic E-state index is 11.4. The van der Waals surface area contributed by atoms with Crippen LogP contribution < -0.4 is 4.74 Å². The van der Waals surface area contributed by atoms with E-state index in [0.717, 1.165) is 31.7 Å². The number of hydrogen-bond acceptors (Lipinski definition) is 4. The molecule has 1 amide bonds. The van der Waals surface area contributed by atoms with E-state index in [1.54, 1.807) is 6.07 Å². The van der Waals surface area contributed by atoms with Crippen LogP contribution in [0.1, 0.15) is 33.6 Å². The molecule has 25 heavy (non-hydrogen) atoms. The quantitative estimate of drug-likeness (QED) is 0.618. The Labute approximate surface area is 163 Å². The topological polar surface area (TPSA) is 66.8 Å². The molecule has 142 valence electrons. The summed E-state index contributed by atoms with van der Waals surface area (Å²) in [5.41, 5.74) is 0. The van der Waals surface area contributed by atoms with Crippen molar-refractivity contribution < 1.29 is 19.4 Å². The minimum Gasteiger partial charge on any atom is -0.480 e. The third-order valence-corrected chi connectivity index (χ3v) is 4.08. The first-order valence-corrected chi connectivity index (χ1v) is 9.81. The standard InChI is InChI=1S/C9H19NOS.C8H6Cl2O3/c1-4-7-10(8-5-2)9(11)12-6-3;9-5-1-2-7(6(10)3-5)13-4-8(11)12/h4-8H2,1-3H3;1-3H,4H2,(H,11,12). The molecule has 0 aliphatic carbocycles. The van der Waals surface area contributed by atoms with E-state index >= 15 is 0 Å². The van der Waals surface area contributed by atoms with Crippen molar-refractivity contribution in [2.24, 2.45) is 0 Å². The number of halogens is 2. The van der Waals surface area contributed by atoms with Crippen LogP contribution in [-0.4, -0.2) is 46.7 Å². The lowest BCUT2D eigenvalue weighted by Gasteiger charge is -2.20. The number of carbonyl (C=O) groups is 2. The predicted octanol–water partition coefficient (Wildman–Crippen LogP) is 5.44. The summed E-state index contributed by atoms with van der Waals surface area (Å²) >= 11 is 12.7. The van der Waals surface area contributed by atoms with E-state index < -0.39 is 12.6 Å². The molecule has 1 aromatic carbocycles. The van der Waals surface area contributed by atoms with Gasteiger partial charge in [-0.25, -0.2) is 4.79 Å². The fraction of sp³-hybridized carbons (Fsp3) is 0.529. The van der Waals surface area contributed by atoms with Gasteiger partial charge in [0, 0.05) is 18.1 Å². The Morgan fingerprint density at radius 2 is 1.76 bits per heavy atom. The normalized spacial score (nSPS) is 9.80. The Bertz CT molecular complexity index is 537. The molecule has 0 spiro atoms. The number of aliphatic carboxylic acids is 1. The third-order valence-electron chi connectivity index (χ3n) is 2.76. The third kappa shape index (κ3) is 11.2. The van der Waals surface area contributed by atoms with E-state index in [2.05, 4.69) is 13.8 Å². The molecule has 0 heterocycles. The highest BCUT2D eigenvalue weighted by Gasteiger charge is 2.10. The summed E-state index contributed by atoms with van der Waals surface area (Å²) in [7, 11) is 0. The maximum atomic E-state index is 11.4. The average Bonchev–Trinajstić information content (AvgIpc) is 2.54. The summed E-state index contributed by atoms with van der Waals surface area (Å²) in [6.45, 7) is 7.61. The molecule has 5 nitrogen and oxygen atoms in total. The molecule has 0 radical (unpaired) electrons. The van der Waals surface area contributed by atoms with Crippen LogP contribution in [0.4, 0.5) is 4.79 Å². The zero-order valence-electron chi connectivity index (χ0n) is 14.8. The summed E-state index contributed by atoms with van der Waals surface area (Å²) in [6.07, 6.45) is 2.10. The number of carboxylic acids is 1. The zero-order chi connectivity index (χ0) is 19.2. The van der Waals surface area contributed by atoms with Gasteiger partial charge in [-0.05, 0) is 36.8 Å². The van der Waals surface area contributed by atoms with Crippen molar-refractivity contribution in [1.82, 2.24) is 4.90 Å². The molecule has 0 atom stereocenters. The Hall–Kier alpha value is -1.11. The predicted molar refractivity (Wildman–Crippen MR) is 105 cm³/mol. The molecule has 0 saturated heterocycles. The van der Waals surface area contributed by atoms with E-state index in [1.807, 2.05) is 11.8 Å². The molecule has 0 saturated carbocycles. The highest BCUT2D eigenvalue weighted by molar-refractivity contribution is 8.13. The summed E-state index contributed by atoms with van der Waals surface area (Å²) in [5, 5.41) is 9.34. The van der Waals surface area contributed by atoms with Crippen LogP contribution in [0.25, 0.3) is 0 Å². The lowest BCUT2D eigenvalue weighted by atomic mass is 10.3. The van der Waals surface area contributed by atoms with Crippen LogP contribution in [0.15, 0.2) is 18.2 Å². The highest BCUT2D eigenvalue weighted by Crippen LogP contribution is 2.27. The van der Waals surface area contributed by atoms with Crippen LogP contribution >= 0.6 is 35.0 Å². The molecule has 0 aliphatic rings. The highest BCUT2D eigenvalue weighted by atomic mass is 35.5. The second-order valence-electron chi connectivity index (χ2n) is 4.94. The van der Waals surface area contributed by atoms with Crippen LogP contribution in [0.3, 0.4) is 0 Å². The van der Waals surface area contributed by atoms with Crippen LogP contribution in [-0.2, 0) is 4.79 Å². The number of amides is 1. The Balaban J connectivity index is 0.000000463. The van der Waals surface area contributed by atoms with Crippen LogP contribution in [0.2, 0.25) is 10.0 Å². The number of hydrogen-bond donors (Lipinski definition) is 1. The monoisotopic (exact) mass is 409 g/mol. The molecule has 0 bridgehead atoms. The van der Waals surface area contributed by atoms with Gasteiger partial charge in [-0.3, -0.25) is 4.79 Å². The number of thioether (sulfide) groups is 1. The molecule has 1 aromatic rings. The maximum Gasteiger partial charge on any atom is 0.341 e. The van der Waals surface area contributed by atoms with Crippen molar-refractivity contribution in [3.05, 3.63) is 28.2 Å². The number of ether oxygens (including phenoxy) is 1. The number of nitrogens with zero attached hydrogens (tertiary/aromatic N) is 1. The summed E-state index contributed by atoms with van der Waals surface area (Å²) in [4.78, 5) is 23.5. The minimum absolute atomic E-state index is 0.237. The molecular formula is C17H25Cl2NO4S. The molecule has 0 unspecified atom stereocenters. The molecule has 0 aromatic heterocycles. The molecular weight excluding hydrogens is 385 g/mol. The SMILES string of the molecule is CCCN(CCC)C(=O)SCC.O=C(O)COc1ccc(Cl)cc1Cl. The van der Waals surface area contributed by atoms with Crippen molar-refractivity contribution in [2.45, 2.75) is 33.6 Å². The lowest BCUT2D eigenvalue weighted by molar-refractivity contribution is -0.139. The van der Waals surface area contributed by atoms with Gasteiger partial charge in [0.05, 0.1) is 5.02 Å².